The van der Waals surface area contributed by atoms with Gasteiger partial charge >= 0.3 is 12.1 Å². The van der Waals surface area contributed by atoms with Crippen molar-refractivity contribution < 1.29 is 23.9 Å². The molecule has 19 heavy (non-hydrogen) atoms. The molecule has 0 unspecified atom stereocenters. The summed E-state index contributed by atoms with van der Waals surface area (Å²) in [4.78, 5) is 28.3. The number of rotatable bonds is 3. The van der Waals surface area contributed by atoms with E-state index in [4.69, 9.17) is 14.3 Å². The molecule has 112 valence electrons. The fourth-order valence-corrected chi connectivity index (χ4v) is 0.911. The summed E-state index contributed by atoms with van der Waals surface area (Å²) in [5.74, 6) is -0.573. The number of carbonyl (C=O) groups is 2. The molecular formula is C13H25NO5. The zero-order valence-corrected chi connectivity index (χ0v) is 13.0. The predicted octanol–water partition coefficient (Wildman–Crippen LogP) is 2.56. The molecule has 0 aliphatic rings. The Kier molecular flexibility index (Phi) is 5.38. The average molecular weight is 275 g/mol. The van der Waals surface area contributed by atoms with E-state index < -0.39 is 28.9 Å². The third kappa shape index (κ3) is 8.42. The first-order chi connectivity index (χ1) is 8.23. The third-order valence-electron chi connectivity index (χ3n) is 1.68. The number of ether oxygens (including phenoxy) is 2. The number of esters is 1. The van der Waals surface area contributed by atoms with Gasteiger partial charge < -0.3 is 9.47 Å². The molecule has 0 fully saturated rings. The first kappa shape index (κ1) is 17.7. The normalized spacial score (nSPS) is 12.8. The molecule has 0 aromatic carbocycles. The van der Waals surface area contributed by atoms with E-state index in [9.17, 15) is 9.59 Å². The molecule has 0 bridgehead atoms. The van der Waals surface area contributed by atoms with Crippen molar-refractivity contribution in [2.45, 2.75) is 72.2 Å². The summed E-state index contributed by atoms with van der Waals surface area (Å²) in [6.45, 7) is 13.4. The van der Waals surface area contributed by atoms with E-state index in [0.717, 1.165) is 0 Å². The van der Waals surface area contributed by atoms with Gasteiger partial charge in [0, 0.05) is 0 Å². The van der Waals surface area contributed by atoms with E-state index in [1.54, 1.807) is 41.5 Å². The zero-order valence-electron chi connectivity index (χ0n) is 13.0. The summed E-state index contributed by atoms with van der Waals surface area (Å²) in [6, 6.07) is 0. The SMILES string of the molecule is CC(C)(C)OC(=O)NOC(C)(C)C(=O)OC(C)(C)C. The summed E-state index contributed by atoms with van der Waals surface area (Å²) >= 11 is 0. The van der Waals surface area contributed by atoms with Crippen LogP contribution in [0.3, 0.4) is 0 Å². The molecule has 0 aromatic rings. The van der Waals surface area contributed by atoms with Crippen molar-refractivity contribution >= 4 is 12.1 Å². The molecule has 0 heterocycles. The first-order valence-electron chi connectivity index (χ1n) is 6.13. The summed E-state index contributed by atoms with van der Waals surface area (Å²) in [7, 11) is 0. The smallest absolute Gasteiger partial charge is 0.431 e. The van der Waals surface area contributed by atoms with Crippen LogP contribution in [0.5, 0.6) is 0 Å². The second kappa shape index (κ2) is 5.77. The molecule has 0 rings (SSSR count). The maximum absolute atomic E-state index is 11.8. The van der Waals surface area contributed by atoms with Gasteiger partial charge in [-0.25, -0.2) is 9.59 Å². The van der Waals surface area contributed by atoms with Crippen molar-refractivity contribution in [1.29, 1.82) is 0 Å². The highest BCUT2D eigenvalue weighted by Crippen LogP contribution is 2.16. The minimum atomic E-state index is -1.30. The Morgan fingerprint density at radius 3 is 1.58 bits per heavy atom. The van der Waals surface area contributed by atoms with Gasteiger partial charge in [0.25, 0.3) is 0 Å². The molecule has 0 saturated carbocycles. The summed E-state index contributed by atoms with van der Waals surface area (Å²) in [5, 5.41) is 0. The lowest BCUT2D eigenvalue weighted by molar-refractivity contribution is -0.186. The minimum Gasteiger partial charge on any atom is -0.458 e. The van der Waals surface area contributed by atoms with Crippen LogP contribution >= 0.6 is 0 Å². The van der Waals surface area contributed by atoms with E-state index >= 15 is 0 Å². The largest absolute Gasteiger partial charge is 0.458 e. The Balaban J connectivity index is 4.38. The van der Waals surface area contributed by atoms with Gasteiger partial charge in [0.1, 0.15) is 11.2 Å². The van der Waals surface area contributed by atoms with Crippen LogP contribution in [0.1, 0.15) is 55.4 Å². The van der Waals surface area contributed by atoms with Crippen molar-refractivity contribution in [3.8, 4) is 0 Å². The fourth-order valence-electron chi connectivity index (χ4n) is 0.911. The number of hydrogen-bond donors (Lipinski definition) is 1. The number of carbonyl (C=O) groups excluding carboxylic acids is 2. The molecule has 0 aromatic heterocycles. The topological polar surface area (TPSA) is 73.9 Å². The summed E-state index contributed by atoms with van der Waals surface area (Å²) in [6.07, 6.45) is -0.760. The number of nitrogens with one attached hydrogen (secondary N) is 1. The lowest BCUT2D eigenvalue weighted by Gasteiger charge is -2.28. The van der Waals surface area contributed by atoms with Gasteiger partial charge in [-0.1, -0.05) is 0 Å². The molecule has 1 N–H and O–H groups in total. The molecular weight excluding hydrogens is 250 g/mol. The first-order valence-corrected chi connectivity index (χ1v) is 6.13. The lowest BCUT2D eigenvalue weighted by Crippen LogP contribution is -2.46. The Bertz CT molecular complexity index is 336. The number of hydroxylamine groups is 1. The van der Waals surface area contributed by atoms with Crippen LogP contribution < -0.4 is 5.48 Å². The highest BCUT2D eigenvalue weighted by atomic mass is 16.7. The Morgan fingerprint density at radius 2 is 1.21 bits per heavy atom. The van der Waals surface area contributed by atoms with Gasteiger partial charge in [0.05, 0.1) is 0 Å². The second-order valence-electron chi connectivity index (χ2n) is 6.72. The van der Waals surface area contributed by atoms with E-state index in [-0.39, 0.29) is 0 Å². The standard InChI is InChI=1S/C13H25NO5/c1-11(2,3)17-9(15)13(7,8)19-14-10(16)18-12(4,5)6/h1-8H3,(H,14,16). The Labute approximate surface area is 114 Å². The van der Waals surface area contributed by atoms with Crippen molar-refractivity contribution in [2.24, 2.45) is 0 Å². The zero-order chi connectivity index (χ0) is 15.5. The third-order valence-corrected chi connectivity index (χ3v) is 1.68. The van der Waals surface area contributed by atoms with Gasteiger partial charge in [-0.05, 0) is 55.4 Å². The molecule has 1 amide bonds. The van der Waals surface area contributed by atoms with Crippen molar-refractivity contribution in [1.82, 2.24) is 5.48 Å². The lowest BCUT2D eigenvalue weighted by atomic mass is 10.1. The van der Waals surface area contributed by atoms with Crippen LogP contribution in [0, 0.1) is 0 Å². The minimum absolute atomic E-state index is 0.573. The summed E-state index contributed by atoms with van der Waals surface area (Å²) < 4.78 is 10.2. The van der Waals surface area contributed by atoms with Gasteiger partial charge in [-0.3, -0.25) is 4.84 Å². The van der Waals surface area contributed by atoms with Gasteiger partial charge in [-0.15, -0.1) is 0 Å². The Hall–Kier alpha value is -1.30. The van der Waals surface area contributed by atoms with Crippen molar-refractivity contribution in [3.05, 3.63) is 0 Å². The van der Waals surface area contributed by atoms with Crippen LogP contribution in [0.4, 0.5) is 4.79 Å². The van der Waals surface area contributed by atoms with Crippen LogP contribution in [0.25, 0.3) is 0 Å². The van der Waals surface area contributed by atoms with Crippen molar-refractivity contribution in [3.63, 3.8) is 0 Å². The van der Waals surface area contributed by atoms with E-state index in [1.807, 2.05) is 0 Å². The molecule has 0 atom stereocenters. The number of amides is 1. The monoisotopic (exact) mass is 275 g/mol. The molecule has 0 aliphatic heterocycles. The molecule has 0 saturated heterocycles. The summed E-state index contributed by atoms with van der Waals surface area (Å²) in [5.41, 5.74) is -0.474. The maximum atomic E-state index is 11.8. The fraction of sp³-hybridized carbons (Fsp3) is 0.846. The van der Waals surface area contributed by atoms with E-state index in [0.29, 0.717) is 0 Å². The number of hydrogen-bond acceptors (Lipinski definition) is 5. The molecule has 6 nitrogen and oxygen atoms in total. The molecule has 0 aliphatic carbocycles. The highest BCUT2D eigenvalue weighted by Gasteiger charge is 2.35. The quantitative estimate of drug-likeness (QED) is 0.633. The second-order valence-corrected chi connectivity index (χ2v) is 6.72. The van der Waals surface area contributed by atoms with Crippen LogP contribution in [-0.2, 0) is 19.1 Å². The Morgan fingerprint density at radius 1 is 0.789 bits per heavy atom. The van der Waals surface area contributed by atoms with Gasteiger partial charge in [0.2, 0.25) is 0 Å². The molecule has 6 heteroatoms. The molecule has 0 spiro atoms. The highest BCUT2D eigenvalue weighted by molar-refractivity contribution is 5.79. The van der Waals surface area contributed by atoms with Gasteiger partial charge in [0.15, 0.2) is 5.60 Å². The average Bonchev–Trinajstić information content (AvgIpc) is 2.09. The van der Waals surface area contributed by atoms with E-state index in [1.165, 1.54) is 13.8 Å². The van der Waals surface area contributed by atoms with Crippen LogP contribution in [0.15, 0.2) is 0 Å². The van der Waals surface area contributed by atoms with Crippen molar-refractivity contribution in [2.75, 3.05) is 0 Å². The van der Waals surface area contributed by atoms with Crippen LogP contribution in [0.2, 0.25) is 0 Å². The van der Waals surface area contributed by atoms with Gasteiger partial charge in [-0.2, -0.15) is 5.48 Å². The van der Waals surface area contributed by atoms with E-state index in [2.05, 4.69) is 5.48 Å². The maximum Gasteiger partial charge on any atom is 0.431 e. The molecule has 0 radical (unpaired) electrons. The van der Waals surface area contributed by atoms with Crippen LogP contribution in [-0.4, -0.2) is 28.9 Å². The predicted molar refractivity (Wildman–Crippen MR) is 70.4 cm³/mol.